The highest BCUT2D eigenvalue weighted by atomic mass is 15.1. The Kier molecular flexibility index (Phi) is 15.2. The van der Waals surface area contributed by atoms with Crippen molar-refractivity contribution in [1.82, 2.24) is 4.40 Å². The molecule has 2 aromatic heterocycles. The van der Waals surface area contributed by atoms with Crippen molar-refractivity contribution in [2.75, 3.05) is 9.80 Å². The maximum absolute atomic E-state index is 2.44. The minimum absolute atomic E-state index is 0.0347. The molecule has 105 heavy (non-hydrogen) atoms. The third-order valence-corrected chi connectivity index (χ3v) is 22.4. The highest BCUT2D eigenvalue weighted by molar-refractivity contribution is 6.24. The van der Waals surface area contributed by atoms with Gasteiger partial charge in [0.05, 0.1) is 22.2 Å². The van der Waals surface area contributed by atoms with E-state index in [0.29, 0.717) is 0 Å². The van der Waals surface area contributed by atoms with Crippen molar-refractivity contribution in [2.45, 2.75) is 38.5 Å². The Labute approximate surface area is 614 Å². The molecule has 18 aromatic rings. The molecule has 0 amide bonds. The van der Waals surface area contributed by atoms with Crippen LogP contribution >= 0.6 is 0 Å². The lowest BCUT2D eigenvalue weighted by Gasteiger charge is -2.28. The zero-order chi connectivity index (χ0) is 70.3. The zero-order valence-corrected chi connectivity index (χ0v) is 59.2. The molecule has 0 radical (unpaired) electrons. The van der Waals surface area contributed by atoms with Gasteiger partial charge in [0.25, 0.3) is 0 Å². The minimum atomic E-state index is -0.0347. The fraction of sp³-hybridized carbons (Fsp3) is 0.0588. The second-order valence-electron chi connectivity index (χ2n) is 29.2. The summed E-state index contributed by atoms with van der Waals surface area (Å²) in [6.07, 6.45) is 0. The van der Waals surface area contributed by atoms with Crippen LogP contribution in [0.4, 0.5) is 34.1 Å². The van der Waals surface area contributed by atoms with Gasteiger partial charge in [0.1, 0.15) is 0 Å². The van der Waals surface area contributed by atoms with Gasteiger partial charge < -0.3 is 14.2 Å². The highest BCUT2D eigenvalue weighted by Crippen LogP contribution is 2.53. The van der Waals surface area contributed by atoms with E-state index in [1.807, 2.05) is 0 Å². The Balaban J connectivity index is 0.000000145. The molecular formula is C102H75N3. The summed E-state index contributed by atoms with van der Waals surface area (Å²) in [5, 5.41) is 5.18. The van der Waals surface area contributed by atoms with E-state index >= 15 is 0 Å². The number of fused-ring (bicyclic) bond motifs is 12. The molecule has 0 fully saturated rings. The van der Waals surface area contributed by atoms with Crippen molar-refractivity contribution in [1.29, 1.82) is 0 Å². The van der Waals surface area contributed by atoms with Crippen molar-refractivity contribution in [3.63, 3.8) is 0 Å². The molecule has 2 heterocycles. The van der Waals surface area contributed by atoms with E-state index in [1.165, 1.54) is 149 Å². The fourth-order valence-electron chi connectivity index (χ4n) is 17.1. The molecule has 3 heteroatoms. The molecule has 16 aromatic carbocycles. The van der Waals surface area contributed by atoms with E-state index in [-0.39, 0.29) is 10.8 Å². The molecule has 0 saturated heterocycles. The molecule has 2 aliphatic carbocycles. The molecule has 0 saturated carbocycles. The van der Waals surface area contributed by atoms with Gasteiger partial charge in [-0.3, -0.25) is 0 Å². The standard InChI is InChI=1S/C54H43N.C48H32N2/c1-53(2)48-19-11-8-17-44(48)46-32-26-39(34-50(46)53)36-22-28-41(29-23-36)55(52-21-13-10-16-43(52)38-14-6-5-7-15-38)42-30-24-37(25-31-42)40-27-33-47-45-18-9-12-20-49(45)54(3,4)51(47)35-40;1-3-11-33(12-4-1)35-19-25-39(26-20-35)49(40-27-21-36(22-28-40)34-13-5-2-6-14-34)41-29-23-37(24-30-41)38-31-44-42-15-7-9-17-46(42)50-47-18-10-8-16-43(47)45(32-38)48(44)50/h5-35H,1-4H3;1-32H. The monoisotopic (exact) mass is 1340 g/mol. The molecular weight excluding hydrogens is 1270 g/mol. The summed E-state index contributed by atoms with van der Waals surface area (Å²) in [6, 6.07) is 140. The van der Waals surface area contributed by atoms with E-state index in [2.05, 4.69) is 424 Å². The fourth-order valence-corrected chi connectivity index (χ4v) is 17.1. The smallest absolute Gasteiger partial charge is 0.0620 e. The Morgan fingerprint density at radius 2 is 0.495 bits per heavy atom. The van der Waals surface area contributed by atoms with Crippen molar-refractivity contribution < 1.29 is 0 Å². The molecule has 0 aliphatic heterocycles. The molecule has 3 nitrogen and oxygen atoms in total. The molecule has 20 rings (SSSR count). The third-order valence-electron chi connectivity index (χ3n) is 22.4. The van der Waals surface area contributed by atoms with Crippen LogP contribution < -0.4 is 9.80 Å². The molecule has 0 atom stereocenters. The molecule has 0 N–H and O–H groups in total. The Bertz CT molecular complexity index is 5950. The van der Waals surface area contributed by atoms with Crippen LogP contribution in [-0.4, -0.2) is 4.40 Å². The molecule has 2 aliphatic rings. The average molecular weight is 1340 g/mol. The summed E-state index contributed by atoms with van der Waals surface area (Å²) in [5.41, 5.74) is 36.0. The van der Waals surface area contributed by atoms with Crippen molar-refractivity contribution in [2.24, 2.45) is 0 Å². The number of hydrogen-bond acceptors (Lipinski definition) is 2. The maximum atomic E-state index is 2.44. The topological polar surface area (TPSA) is 10.9 Å². The van der Waals surface area contributed by atoms with E-state index in [0.717, 1.165) is 34.1 Å². The summed E-state index contributed by atoms with van der Waals surface area (Å²) in [7, 11) is 0. The van der Waals surface area contributed by atoms with Crippen LogP contribution in [0.3, 0.4) is 0 Å². The molecule has 498 valence electrons. The zero-order valence-electron chi connectivity index (χ0n) is 59.2. The first kappa shape index (κ1) is 62.9. The van der Waals surface area contributed by atoms with Crippen LogP contribution in [-0.2, 0) is 10.8 Å². The van der Waals surface area contributed by atoms with Gasteiger partial charge in [-0.25, -0.2) is 0 Å². The lowest BCUT2D eigenvalue weighted by molar-refractivity contribution is 0.660. The van der Waals surface area contributed by atoms with Crippen molar-refractivity contribution in [3.8, 4) is 89.0 Å². The summed E-state index contributed by atoms with van der Waals surface area (Å²) in [5.74, 6) is 0. The van der Waals surface area contributed by atoms with Crippen LogP contribution in [0.1, 0.15) is 49.9 Å². The Morgan fingerprint density at radius 3 is 0.914 bits per heavy atom. The van der Waals surface area contributed by atoms with E-state index in [9.17, 15) is 0 Å². The number of benzene rings is 16. The number of hydrogen-bond donors (Lipinski definition) is 0. The normalized spacial score (nSPS) is 12.9. The van der Waals surface area contributed by atoms with E-state index in [4.69, 9.17) is 0 Å². The second-order valence-corrected chi connectivity index (χ2v) is 29.2. The van der Waals surface area contributed by atoms with Crippen LogP contribution in [0, 0.1) is 0 Å². The van der Waals surface area contributed by atoms with Crippen molar-refractivity contribution >= 4 is 72.2 Å². The molecule has 0 unspecified atom stereocenters. The van der Waals surface area contributed by atoms with Gasteiger partial charge in [0.15, 0.2) is 0 Å². The first-order valence-electron chi connectivity index (χ1n) is 36.6. The number of aromatic nitrogens is 1. The predicted molar refractivity (Wildman–Crippen MR) is 445 cm³/mol. The average Bonchev–Trinajstić information content (AvgIpc) is 1.55. The lowest BCUT2D eigenvalue weighted by atomic mass is 9.81. The minimum Gasteiger partial charge on any atom is -0.311 e. The predicted octanol–water partition coefficient (Wildman–Crippen LogP) is 28.1. The van der Waals surface area contributed by atoms with Gasteiger partial charge in [0, 0.05) is 66.4 Å². The number of para-hydroxylation sites is 3. The lowest BCUT2D eigenvalue weighted by Crippen LogP contribution is -2.14. The van der Waals surface area contributed by atoms with Crippen molar-refractivity contribution in [3.05, 3.63) is 404 Å². The van der Waals surface area contributed by atoms with Crippen LogP contribution in [0.25, 0.3) is 127 Å². The molecule has 0 bridgehead atoms. The molecule has 0 spiro atoms. The van der Waals surface area contributed by atoms with Gasteiger partial charge in [-0.2, -0.15) is 0 Å². The largest absolute Gasteiger partial charge is 0.311 e. The van der Waals surface area contributed by atoms with Gasteiger partial charge >= 0.3 is 0 Å². The first-order chi connectivity index (χ1) is 51.6. The van der Waals surface area contributed by atoms with Gasteiger partial charge in [-0.15, -0.1) is 0 Å². The van der Waals surface area contributed by atoms with Crippen LogP contribution in [0.2, 0.25) is 0 Å². The first-order valence-corrected chi connectivity index (χ1v) is 36.6. The summed E-state index contributed by atoms with van der Waals surface area (Å²) in [4.78, 5) is 4.75. The van der Waals surface area contributed by atoms with Crippen LogP contribution in [0.5, 0.6) is 0 Å². The van der Waals surface area contributed by atoms with Gasteiger partial charge in [-0.05, 0) is 209 Å². The summed E-state index contributed by atoms with van der Waals surface area (Å²) in [6.45, 7) is 9.40. The maximum Gasteiger partial charge on any atom is 0.0620 e. The SMILES string of the molecule is CC1(C)c2ccccc2-c2ccc(-c3ccc(N(c4ccc(-c5ccc6c(c5)C(C)(C)c5ccccc5-6)cc4)c4ccccc4-c4ccccc4)cc3)cc21.c1ccc(-c2ccc(N(c3ccc(-c4ccccc4)cc3)c3ccc(-c4cc5c6ccccc6n6c7ccccc7c(c4)c56)cc3)cc2)cc1. The number of anilines is 6. The van der Waals surface area contributed by atoms with E-state index in [1.54, 1.807) is 0 Å². The number of rotatable bonds is 12. The van der Waals surface area contributed by atoms with E-state index < -0.39 is 0 Å². The van der Waals surface area contributed by atoms with Gasteiger partial charge in [-0.1, -0.05) is 307 Å². The van der Waals surface area contributed by atoms with Gasteiger partial charge in [0.2, 0.25) is 0 Å². The Hall–Kier alpha value is -13.1. The number of nitrogens with zero attached hydrogens (tertiary/aromatic N) is 3. The highest BCUT2D eigenvalue weighted by Gasteiger charge is 2.37. The second kappa shape index (κ2) is 25.5. The van der Waals surface area contributed by atoms with Crippen LogP contribution in [0.15, 0.2) is 382 Å². The summed E-state index contributed by atoms with van der Waals surface area (Å²) < 4.78 is 2.44. The quantitative estimate of drug-likeness (QED) is 0.121. The third kappa shape index (κ3) is 10.8. The Morgan fingerprint density at radius 1 is 0.200 bits per heavy atom. The summed E-state index contributed by atoms with van der Waals surface area (Å²) >= 11 is 0.